The lowest BCUT2D eigenvalue weighted by molar-refractivity contribution is 0.456. The van der Waals surface area contributed by atoms with Gasteiger partial charge >= 0.3 is 0 Å². The van der Waals surface area contributed by atoms with Gasteiger partial charge in [0.05, 0.1) is 0 Å². The average molecular weight is 255 g/mol. The van der Waals surface area contributed by atoms with Gasteiger partial charge in [0.15, 0.2) is 0 Å². The molecule has 17 heavy (non-hydrogen) atoms. The molecule has 0 aliphatic heterocycles. The van der Waals surface area contributed by atoms with Gasteiger partial charge < -0.3 is 5.32 Å². The number of hydrogen-bond donors (Lipinski definition) is 1. The van der Waals surface area contributed by atoms with E-state index in [0.29, 0.717) is 6.04 Å². The smallest absolute Gasteiger partial charge is 0.127 e. The topological polar surface area (TPSA) is 12.0 Å². The first-order valence-corrected chi connectivity index (χ1v) is 7.38. The zero-order valence-electron chi connectivity index (χ0n) is 10.9. The molecule has 0 aromatic heterocycles. The zero-order chi connectivity index (χ0) is 12.7. The molecular formula is C14H22FNS. The van der Waals surface area contributed by atoms with Crippen molar-refractivity contribution in [2.45, 2.75) is 39.3 Å². The van der Waals surface area contributed by atoms with Gasteiger partial charge in [-0.1, -0.05) is 25.1 Å². The summed E-state index contributed by atoms with van der Waals surface area (Å²) in [4.78, 5) is 0. The summed E-state index contributed by atoms with van der Waals surface area (Å²) in [6.45, 7) is 6.35. The Morgan fingerprint density at radius 3 is 2.65 bits per heavy atom. The van der Waals surface area contributed by atoms with Crippen LogP contribution in [0.5, 0.6) is 0 Å². The lowest BCUT2D eigenvalue weighted by atomic mass is 10.1. The Bertz CT molecular complexity index is 330. The van der Waals surface area contributed by atoms with E-state index in [9.17, 15) is 4.39 Å². The molecule has 0 fully saturated rings. The van der Waals surface area contributed by atoms with Crippen LogP contribution < -0.4 is 5.32 Å². The molecule has 1 N–H and O–H groups in total. The van der Waals surface area contributed by atoms with Gasteiger partial charge in [0.1, 0.15) is 5.82 Å². The average Bonchev–Trinajstić information content (AvgIpc) is 2.29. The van der Waals surface area contributed by atoms with E-state index in [1.54, 1.807) is 6.07 Å². The standard InChI is InChI=1S/C14H22FNS/c1-4-17-10-9-11(2)16-12(3)13-7-5-6-8-14(13)15/h5-8,11-12,16H,4,9-10H2,1-3H3. The normalized spacial score (nSPS) is 14.6. The van der Waals surface area contributed by atoms with E-state index in [-0.39, 0.29) is 11.9 Å². The number of nitrogens with one attached hydrogen (secondary N) is 1. The van der Waals surface area contributed by atoms with Crippen LogP contribution in [0.2, 0.25) is 0 Å². The Morgan fingerprint density at radius 2 is 2.00 bits per heavy atom. The van der Waals surface area contributed by atoms with Gasteiger partial charge in [-0.05, 0) is 37.8 Å². The minimum atomic E-state index is -0.123. The van der Waals surface area contributed by atoms with Crippen LogP contribution >= 0.6 is 11.8 Å². The maximum Gasteiger partial charge on any atom is 0.127 e. The fourth-order valence-electron chi connectivity index (χ4n) is 1.83. The van der Waals surface area contributed by atoms with Crippen LogP contribution in [-0.2, 0) is 0 Å². The number of hydrogen-bond acceptors (Lipinski definition) is 2. The third-order valence-corrected chi connectivity index (χ3v) is 3.74. The summed E-state index contributed by atoms with van der Waals surface area (Å²) in [6, 6.07) is 7.47. The second-order valence-electron chi connectivity index (χ2n) is 4.30. The highest BCUT2D eigenvalue weighted by Crippen LogP contribution is 2.17. The fraction of sp³-hybridized carbons (Fsp3) is 0.571. The summed E-state index contributed by atoms with van der Waals surface area (Å²) in [7, 11) is 0. The van der Waals surface area contributed by atoms with Crippen molar-refractivity contribution in [2.24, 2.45) is 0 Å². The van der Waals surface area contributed by atoms with Gasteiger partial charge in [-0.15, -0.1) is 0 Å². The lowest BCUT2D eigenvalue weighted by Gasteiger charge is -2.20. The molecule has 3 heteroatoms. The third kappa shape index (κ3) is 5.09. The van der Waals surface area contributed by atoms with E-state index in [4.69, 9.17) is 0 Å². The molecule has 0 spiro atoms. The van der Waals surface area contributed by atoms with E-state index in [2.05, 4.69) is 19.2 Å². The highest BCUT2D eigenvalue weighted by molar-refractivity contribution is 7.99. The maximum absolute atomic E-state index is 13.6. The van der Waals surface area contributed by atoms with E-state index < -0.39 is 0 Å². The van der Waals surface area contributed by atoms with E-state index in [1.165, 1.54) is 6.07 Å². The summed E-state index contributed by atoms with van der Waals surface area (Å²) < 4.78 is 13.6. The van der Waals surface area contributed by atoms with Crippen LogP contribution in [0.25, 0.3) is 0 Å². The molecule has 2 atom stereocenters. The molecule has 0 aliphatic carbocycles. The van der Waals surface area contributed by atoms with Crippen molar-refractivity contribution in [1.29, 1.82) is 0 Å². The Balaban J connectivity index is 2.43. The quantitative estimate of drug-likeness (QED) is 0.739. The Morgan fingerprint density at radius 1 is 1.29 bits per heavy atom. The highest BCUT2D eigenvalue weighted by Gasteiger charge is 2.12. The van der Waals surface area contributed by atoms with Crippen LogP contribution in [0.15, 0.2) is 24.3 Å². The number of benzene rings is 1. The van der Waals surface area contributed by atoms with E-state index >= 15 is 0 Å². The monoisotopic (exact) mass is 255 g/mol. The molecule has 1 aromatic rings. The van der Waals surface area contributed by atoms with Crippen LogP contribution in [0.3, 0.4) is 0 Å². The maximum atomic E-state index is 13.6. The first-order valence-electron chi connectivity index (χ1n) is 6.23. The minimum absolute atomic E-state index is 0.0674. The fourth-order valence-corrected chi connectivity index (χ4v) is 2.64. The van der Waals surface area contributed by atoms with Crippen molar-refractivity contribution in [3.8, 4) is 0 Å². The van der Waals surface area contributed by atoms with Gasteiger partial charge in [-0.25, -0.2) is 4.39 Å². The molecule has 0 heterocycles. The molecule has 2 unspecified atom stereocenters. The molecule has 0 saturated heterocycles. The minimum Gasteiger partial charge on any atom is -0.308 e. The highest BCUT2D eigenvalue weighted by atomic mass is 32.2. The molecular weight excluding hydrogens is 233 g/mol. The molecule has 1 rings (SSSR count). The first-order chi connectivity index (χ1) is 8.15. The number of halogens is 1. The van der Waals surface area contributed by atoms with Crippen LogP contribution in [-0.4, -0.2) is 17.5 Å². The molecule has 0 saturated carbocycles. The van der Waals surface area contributed by atoms with Gasteiger partial charge in [0, 0.05) is 17.6 Å². The predicted octanol–water partition coefficient (Wildman–Crippen LogP) is 4.01. The SMILES string of the molecule is CCSCCC(C)NC(C)c1ccccc1F. The molecule has 0 aliphatic rings. The molecule has 0 bridgehead atoms. The largest absolute Gasteiger partial charge is 0.308 e. The predicted molar refractivity (Wildman–Crippen MR) is 75.0 cm³/mol. The van der Waals surface area contributed by atoms with Crippen molar-refractivity contribution in [1.82, 2.24) is 5.32 Å². The summed E-state index contributed by atoms with van der Waals surface area (Å²) in [6.07, 6.45) is 1.12. The second-order valence-corrected chi connectivity index (χ2v) is 5.69. The first kappa shape index (κ1) is 14.5. The van der Waals surface area contributed by atoms with Crippen molar-refractivity contribution >= 4 is 11.8 Å². The summed E-state index contributed by atoms with van der Waals surface area (Å²) in [5.74, 6) is 2.20. The summed E-state index contributed by atoms with van der Waals surface area (Å²) in [5, 5.41) is 3.44. The number of rotatable bonds is 7. The van der Waals surface area contributed by atoms with Crippen molar-refractivity contribution in [3.63, 3.8) is 0 Å². The Hall–Kier alpha value is -0.540. The summed E-state index contributed by atoms with van der Waals surface area (Å²) in [5.41, 5.74) is 0.752. The van der Waals surface area contributed by atoms with E-state index in [0.717, 1.165) is 23.5 Å². The molecule has 0 radical (unpaired) electrons. The molecule has 0 amide bonds. The van der Waals surface area contributed by atoms with Crippen molar-refractivity contribution < 1.29 is 4.39 Å². The number of thioether (sulfide) groups is 1. The van der Waals surface area contributed by atoms with Crippen LogP contribution in [0.1, 0.15) is 38.8 Å². The van der Waals surface area contributed by atoms with Crippen molar-refractivity contribution in [2.75, 3.05) is 11.5 Å². The zero-order valence-corrected chi connectivity index (χ0v) is 11.7. The van der Waals surface area contributed by atoms with Gasteiger partial charge in [0.2, 0.25) is 0 Å². The van der Waals surface area contributed by atoms with Crippen molar-refractivity contribution in [3.05, 3.63) is 35.6 Å². The van der Waals surface area contributed by atoms with Gasteiger partial charge in [0.25, 0.3) is 0 Å². The Kier molecular flexibility index (Phi) is 6.60. The van der Waals surface area contributed by atoms with Gasteiger partial charge in [-0.3, -0.25) is 0 Å². The summed E-state index contributed by atoms with van der Waals surface area (Å²) >= 11 is 1.95. The van der Waals surface area contributed by atoms with Gasteiger partial charge in [-0.2, -0.15) is 11.8 Å². The van der Waals surface area contributed by atoms with Crippen LogP contribution in [0, 0.1) is 5.82 Å². The third-order valence-electron chi connectivity index (χ3n) is 2.81. The van der Waals surface area contributed by atoms with Crippen LogP contribution in [0.4, 0.5) is 4.39 Å². The van der Waals surface area contributed by atoms with E-state index in [1.807, 2.05) is 30.8 Å². The molecule has 96 valence electrons. The molecule has 1 aromatic carbocycles. The Labute approximate surface area is 108 Å². The second kappa shape index (κ2) is 7.72. The molecule has 1 nitrogen and oxygen atoms in total. The lowest BCUT2D eigenvalue weighted by Crippen LogP contribution is -2.29.